The number of piperidine rings is 1. The number of carbonyl (C=O) groups excluding carboxylic acids is 1. The lowest BCUT2D eigenvalue weighted by Gasteiger charge is -2.33. The lowest BCUT2D eigenvalue weighted by Crippen LogP contribution is -2.48. The van der Waals surface area contributed by atoms with Crippen molar-refractivity contribution in [1.29, 1.82) is 0 Å². The fourth-order valence-electron chi connectivity index (χ4n) is 2.72. The maximum atomic E-state index is 11.1. The SMILES string of the molecule is CC(Cc1ccccc1Cl)NC1CCN(C(N)=O)CC1. The van der Waals surface area contributed by atoms with Crippen LogP contribution in [0.1, 0.15) is 25.3 Å². The van der Waals surface area contributed by atoms with E-state index in [2.05, 4.69) is 18.3 Å². The van der Waals surface area contributed by atoms with E-state index < -0.39 is 0 Å². The molecule has 1 aliphatic heterocycles. The van der Waals surface area contributed by atoms with Crippen LogP contribution in [0.25, 0.3) is 0 Å². The Labute approximate surface area is 125 Å². The second kappa shape index (κ2) is 6.95. The molecule has 1 aromatic carbocycles. The third kappa shape index (κ3) is 4.12. The Morgan fingerprint density at radius 3 is 2.70 bits per heavy atom. The van der Waals surface area contributed by atoms with Crippen molar-refractivity contribution in [3.63, 3.8) is 0 Å². The van der Waals surface area contributed by atoms with Gasteiger partial charge in [0.1, 0.15) is 0 Å². The normalized spacial score (nSPS) is 18.0. The van der Waals surface area contributed by atoms with Gasteiger partial charge in [0.2, 0.25) is 0 Å². The minimum absolute atomic E-state index is 0.312. The quantitative estimate of drug-likeness (QED) is 0.896. The first-order valence-electron chi connectivity index (χ1n) is 7.10. The Bertz CT molecular complexity index is 458. The van der Waals surface area contributed by atoms with Crippen LogP contribution in [0, 0.1) is 0 Å². The standard InChI is InChI=1S/C15H22ClN3O/c1-11(10-12-4-2-3-5-14(12)16)18-13-6-8-19(9-7-13)15(17)20/h2-5,11,13,18H,6-10H2,1H3,(H2,17,20). The van der Waals surface area contributed by atoms with Crippen LogP contribution >= 0.6 is 11.6 Å². The Kier molecular flexibility index (Phi) is 5.26. The minimum atomic E-state index is -0.312. The summed E-state index contributed by atoms with van der Waals surface area (Å²) in [4.78, 5) is 12.8. The molecule has 0 aliphatic carbocycles. The van der Waals surface area contributed by atoms with Crippen molar-refractivity contribution >= 4 is 17.6 Å². The Hall–Kier alpha value is -1.26. The summed E-state index contributed by atoms with van der Waals surface area (Å²) in [5, 5.41) is 4.44. The van der Waals surface area contributed by atoms with Crippen molar-refractivity contribution in [1.82, 2.24) is 10.2 Å². The van der Waals surface area contributed by atoms with Crippen LogP contribution in [0.4, 0.5) is 4.79 Å². The molecule has 1 saturated heterocycles. The Morgan fingerprint density at radius 1 is 1.45 bits per heavy atom. The van der Waals surface area contributed by atoms with E-state index in [0.29, 0.717) is 12.1 Å². The molecule has 0 bridgehead atoms. The first-order valence-corrected chi connectivity index (χ1v) is 7.48. The molecule has 110 valence electrons. The number of benzene rings is 1. The van der Waals surface area contributed by atoms with Gasteiger partial charge in [0.25, 0.3) is 0 Å². The highest BCUT2D eigenvalue weighted by Gasteiger charge is 2.22. The van der Waals surface area contributed by atoms with E-state index in [9.17, 15) is 4.79 Å². The first kappa shape index (κ1) is 15.1. The predicted octanol–water partition coefficient (Wildman–Crippen LogP) is 2.40. The van der Waals surface area contributed by atoms with E-state index in [4.69, 9.17) is 17.3 Å². The number of nitrogens with two attached hydrogens (primary N) is 1. The highest BCUT2D eigenvalue weighted by molar-refractivity contribution is 6.31. The van der Waals surface area contributed by atoms with Gasteiger partial charge in [0.15, 0.2) is 0 Å². The maximum absolute atomic E-state index is 11.1. The van der Waals surface area contributed by atoms with E-state index in [1.807, 2.05) is 18.2 Å². The van der Waals surface area contributed by atoms with Gasteiger partial charge in [-0.15, -0.1) is 0 Å². The van der Waals surface area contributed by atoms with Crippen molar-refractivity contribution in [3.05, 3.63) is 34.9 Å². The topological polar surface area (TPSA) is 58.4 Å². The van der Waals surface area contributed by atoms with E-state index in [-0.39, 0.29) is 6.03 Å². The summed E-state index contributed by atoms with van der Waals surface area (Å²) in [5.74, 6) is 0. The van der Waals surface area contributed by atoms with Crippen LogP contribution in [-0.4, -0.2) is 36.1 Å². The van der Waals surface area contributed by atoms with Crippen LogP contribution in [0.5, 0.6) is 0 Å². The van der Waals surface area contributed by atoms with Crippen molar-refractivity contribution in [3.8, 4) is 0 Å². The molecule has 1 unspecified atom stereocenters. The van der Waals surface area contributed by atoms with Crippen LogP contribution in [0.3, 0.4) is 0 Å². The summed E-state index contributed by atoms with van der Waals surface area (Å²) in [6.45, 7) is 3.65. The molecule has 1 aromatic rings. The zero-order valence-corrected chi connectivity index (χ0v) is 12.6. The average molecular weight is 296 g/mol. The number of nitrogens with zero attached hydrogens (tertiary/aromatic N) is 1. The fraction of sp³-hybridized carbons (Fsp3) is 0.533. The van der Waals surface area contributed by atoms with Crippen LogP contribution in [-0.2, 0) is 6.42 Å². The lowest BCUT2D eigenvalue weighted by atomic mass is 10.0. The molecular formula is C15H22ClN3O. The summed E-state index contributed by atoms with van der Waals surface area (Å²) in [6.07, 6.45) is 2.82. The molecule has 0 aromatic heterocycles. The van der Waals surface area contributed by atoms with Gasteiger partial charge < -0.3 is 16.0 Å². The zero-order valence-electron chi connectivity index (χ0n) is 11.8. The molecule has 20 heavy (non-hydrogen) atoms. The number of urea groups is 1. The van der Waals surface area contributed by atoms with Crippen LogP contribution in [0.2, 0.25) is 5.02 Å². The molecule has 1 fully saturated rings. The molecule has 2 amide bonds. The summed E-state index contributed by atoms with van der Waals surface area (Å²) >= 11 is 6.18. The van der Waals surface area contributed by atoms with Gasteiger partial charge in [-0.05, 0) is 37.8 Å². The number of hydrogen-bond donors (Lipinski definition) is 2. The molecule has 2 rings (SSSR count). The number of amides is 2. The van der Waals surface area contributed by atoms with Crippen LogP contribution < -0.4 is 11.1 Å². The highest BCUT2D eigenvalue weighted by Crippen LogP contribution is 2.17. The molecule has 1 aliphatic rings. The van der Waals surface area contributed by atoms with Crippen molar-refractivity contribution in [2.75, 3.05) is 13.1 Å². The van der Waals surface area contributed by atoms with Gasteiger partial charge in [-0.1, -0.05) is 29.8 Å². The summed E-state index contributed by atoms with van der Waals surface area (Å²) < 4.78 is 0. The van der Waals surface area contributed by atoms with Gasteiger partial charge in [-0.25, -0.2) is 4.79 Å². The molecule has 0 spiro atoms. The molecule has 0 radical (unpaired) electrons. The van der Waals surface area contributed by atoms with Crippen molar-refractivity contribution in [2.24, 2.45) is 5.73 Å². The molecule has 3 N–H and O–H groups in total. The van der Waals surface area contributed by atoms with Crippen molar-refractivity contribution in [2.45, 2.75) is 38.3 Å². The second-order valence-corrected chi connectivity index (χ2v) is 5.87. The maximum Gasteiger partial charge on any atom is 0.314 e. The van der Waals surface area contributed by atoms with Gasteiger partial charge in [0, 0.05) is 30.2 Å². The van der Waals surface area contributed by atoms with Crippen LogP contribution in [0.15, 0.2) is 24.3 Å². The predicted molar refractivity (Wildman–Crippen MR) is 81.9 cm³/mol. The third-order valence-electron chi connectivity index (χ3n) is 3.81. The molecule has 5 heteroatoms. The summed E-state index contributed by atoms with van der Waals surface area (Å²) in [6, 6.07) is 8.45. The number of halogens is 1. The largest absolute Gasteiger partial charge is 0.351 e. The third-order valence-corrected chi connectivity index (χ3v) is 4.18. The smallest absolute Gasteiger partial charge is 0.314 e. The summed E-state index contributed by atoms with van der Waals surface area (Å²) in [5.41, 5.74) is 6.45. The monoisotopic (exact) mass is 295 g/mol. The minimum Gasteiger partial charge on any atom is -0.351 e. The van der Waals surface area contributed by atoms with Gasteiger partial charge in [-0.3, -0.25) is 0 Å². The fourth-order valence-corrected chi connectivity index (χ4v) is 2.93. The number of likely N-dealkylation sites (tertiary alicyclic amines) is 1. The van der Waals surface area contributed by atoms with Crippen molar-refractivity contribution < 1.29 is 4.79 Å². The van der Waals surface area contributed by atoms with E-state index in [0.717, 1.165) is 37.4 Å². The van der Waals surface area contributed by atoms with E-state index in [1.165, 1.54) is 5.56 Å². The highest BCUT2D eigenvalue weighted by atomic mass is 35.5. The Morgan fingerprint density at radius 2 is 2.10 bits per heavy atom. The Balaban J connectivity index is 1.80. The van der Waals surface area contributed by atoms with Gasteiger partial charge in [0.05, 0.1) is 0 Å². The van der Waals surface area contributed by atoms with E-state index >= 15 is 0 Å². The average Bonchev–Trinajstić information content (AvgIpc) is 2.42. The lowest BCUT2D eigenvalue weighted by molar-refractivity contribution is 0.183. The van der Waals surface area contributed by atoms with E-state index in [1.54, 1.807) is 4.90 Å². The molecule has 1 heterocycles. The number of primary amides is 1. The molecule has 4 nitrogen and oxygen atoms in total. The summed E-state index contributed by atoms with van der Waals surface area (Å²) in [7, 11) is 0. The number of rotatable bonds is 4. The second-order valence-electron chi connectivity index (χ2n) is 5.46. The number of hydrogen-bond acceptors (Lipinski definition) is 2. The number of nitrogens with one attached hydrogen (secondary N) is 1. The molecule has 0 saturated carbocycles. The first-order chi connectivity index (χ1) is 9.56. The van der Waals surface area contributed by atoms with Gasteiger partial charge in [-0.2, -0.15) is 0 Å². The molecule has 1 atom stereocenters. The number of carbonyl (C=O) groups is 1. The van der Waals surface area contributed by atoms with Gasteiger partial charge >= 0.3 is 6.03 Å². The molecular weight excluding hydrogens is 274 g/mol. The zero-order chi connectivity index (χ0) is 14.5.